The Morgan fingerprint density at radius 2 is 2.22 bits per heavy atom. The van der Waals surface area contributed by atoms with Crippen LogP contribution in [0.2, 0.25) is 0 Å². The van der Waals surface area contributed by atoms with Crippen LogP contribution in [-0.4, -0.2) is 27.6 Å². The first-order valence-electron chi connectivity index (χ1n) is 7.03. The fraction of sp³-hybridized carbons (Fsp3) is 0.786. The first kappa shape index (κ1) is 13.8. The van der Waals surface area contributed by atoms with E-state index >= 15 is 0 Å². The topological polar surface area (TPSA) is 29.9 Å². The van der Waals surface area contributed by atoms with Gasteiger partial charge in [-0.1, -0.05) is 19.8 Å². The number of anilines is 1. The molecule has 0 bridgehead atoms. The zero-order chi connectivity index (χ0) is 13.0. The Labute approximate surface area is 115 Å². The molecule has 1 unspecified atom stereocenters. The molecule has 1 aromatic heterocycles. The van der Waals surface area contributed by atoms with Crippen molar-refractivity contribution in [3.63, 3.8) is 0 Å². The maximum atomic E-state index is 4.62. The van der Waals surface area contributed by atoms with Crippen molar-refractivity contribution in [2.45, 2.75) is 57.2 Å². The number of aryl methyl sites for hydroxylation is 1. The molecule has 0 saturated heterocycles. The molecule has 1 heterocycles. The van der Waals surface area contributed by atoms with Crippen molar-refractivity contribution >= 4 is 17.7 Å². The van der Waals surface area contributed by atoms with Gasteiger partial charge in [0.05, 0.1) is 5.69 Å². The number of thioether (sulfide) groups is 1. The second-order valence-electron chi connectivity index (χ2n) is 5.31. The number of hydrogen-bond acceptors (Lipinski definition) is 3. The van der Waals surface area contributed by atoms with Crippen LogP contribution >= 0.6 is 11.8 Å². The van der Waals surface area contributed by atoms with Gasteiger partial charge in [-0.2, -0.15) is 11.8 Å². The third-order valence-electron chi connectivity index (χ3n) is 3.81. The third kappa shape index (κ3) is 3.44. The van der Waals surface area contributed by atoms with Crippen LogP contribution in [0.3, 0.4) is 0 Å². The first-order valence-corrected chi connectivity index (χ1v) is 8.31. The molecule has 0 aromatic carbocycles. The molecule has 0 amide bonds. The summed E-state index contributed by atoms with van der Waals surface area (Å²) < 4.78 is 2.37. The van der Waals surface area contributed by atoms with Crippen LogP contribution < -0.4 is 5.32 Å². The fourth-order valence-electron chi connectivity index (χ4n) is 2.61. The van der Waals surface area contributed by atoms with Crippen molar-refractivity contribution in [2.24, 2.45) is 0 Å². The molecule has 3 nitrogen and oxygen atoms in total. The summed E-state index contributed by atoms with van der Waals surface area (Å²) in [5.74, 6) is 1.08. The van der Waals surface area contributed by atoms with Gasteiger partial charge in [-0.05, 0) is 32.4 Å². The molecule has 0 aliphatic heterocycles. The molecule has 2 rings (SSSR count). The second kappa shape index (κ2) is 6.50. The average Bonchev–Trinajstić information content (AvgIpc) is 2.98. The van der Waals surface area contributed by atoms with Crippen molar-refractivity contribution in [3.8, 4) is 0 Å². The van der Waals surface area contributed by atoms with E-state index in [-0.39, 0.29) is 0 Å². The highest BCUT2D eigenvalue weighted by Gasteiger charge is 2.19. The zero-order valence-electron chi connectivity index (χ0n) is 11.8. The normalized spacial score (nSPS) is 18.2. The van der Waals surface area contributed by atoms with Crippen LogP contribution in [0.1, 0.15) is 50.8 Å². The van der Waals surface area contributed by atoms with Crippen molar-refractivity contribution < 1.29 is 0 Å². The van der Waals surface area contributed by atoms with Crippen molar-refractivity contribution in [1.29, 1.82) is 0 Å². The van der Waals surface area contributed by atoms with Crippen LogP contribution in [0.5, 0.6) is 0 Å². The number of aromatic nitrogens is 2. The smallest absolute Gasteiger partial charge is 0.203 e. The number of imidazole rings is 1. The number of nitrogens with zero attached hydrogens (tertiary/aromatic N) is 2. The first-order chi connectivity index (χ1) is 8.70. The van der Waals surface area contributed by atoms with Gasteiger partial charge in [0.2, 0.25) is 5.95 Å². The predicted molar refractivity (Wildman–Crippen MR) is 80.6 cm³/mol. The SMILES string of the molecule is CSC(C)CCNc1nc(C)cn1C1CCCC1. The molecule has 0 radical (unpaired) electrons. The Balaban J connectivity index is 1.94. The summed E-state index contributed by atoms with van der Waals surface area (Å²) in [7, 11) is 0. The largest absolute Gasteiger partial charge is 0.356 e. The lowest BCUT2D eigenvalue weighted by Gasteiger charge is -2.16. The molecule has 1 aromatic rings. The van der Waals surface area contributed by atoms with Crippen molar-refractivity contribution in [1.82, 2.24) is 9.55 Å². The Morgan fingerprint density at radius 3 is 2.89 bits per heavy atom. The van der Waals surface area contributed by atoms with Crippen LogP contribution in [0.4, 0.5) is 5.95 Å². The monoisotopic (exact) mass is 267 g/mol. The lowest BCUT2D eigenvalue weighted by molar-refractivity contribution is 0.522. The Hall–Kier alpha value is -0.640. The zero-order valence-corrected chi connectivity index (χ0v) is 12.6. The average molecular weight is 267 g/mol. The fourth-order valence-corrected chi connectivity index (χ4v) is 2.97. The summed E-state index contributed by atoms with van der Waals surface area (Å²) in [6, 6.07) is 0.673. The van der Waals surface area contributed by atoms with E-state index in [1.54, 1.807) is 0 Å². The van der Waals surface area contributed by atoms with E-state index in [2.05, 4.69) is 41.2 Å². The highest BCUT2D eigenvalue weighted by atomic mass is 32.2. The van der Waals surface area contributed by atoms with E-state index in [9.17, 15) is 0 Å². The molecule has 1 fully saturated rings. The lowest BCUT2D eigenvalue weighted by Crippen LogP contribution is -2.13. The molecular formula is C14H25N3S. The maximum absolute atomic E-state index is 4.62. The summed E-state index contributed by atoms with van der Waals surface area (Å²) in [5.41, 5.74) is 1.13. The van der Waals surface area contributed by atoms with Crippen molar-refractivity contribution in [3.05, 3.63) is 11.9 Å². The van der Waals surface area contributed by atoms with E-state index in [0.717, 1.165) is 18.2 Å². The molecule has 4 heteroatoms. The molecule has 1 N–H and O–H groups in total. The van der Waals surface area contributed by atoms with Crippen molar-refractivity contribution in [2.75, 3.05) is 18.1 Å². The number of rotatable bonds is 6. The van der Waals surface area contributed by atoms with Gasteiger partial charge in [0.1, 0.15) is 0 Å². The minimum atomic E-state index is 0.673. The molecule has 18 heavy (non-hydrogen) atoms. The van der Waals surface area contributed by atoms with E-state index in [1.807, 2.05) is 11.8 Å². The van der Waals surface area contributed by atoms with Gasteiger partial charge in [-0.3, -0.25) is 0 Å². The van der Waals surface area contributed by atoms with Crippen LogP contribution in [0, 0.1) is 6.92 Å². The number of nitrogens with one attached hydrogen (secondary N) is 1. The predicted octanol–water partition coefficient (Wildman–Crippen LogP) is 3.86. The molecule has 1 atom stereocenters. The number of hydrogen-bond donors (Lipinski definition) is 1. The maximum Gasteiger partial charge on any atom is 0.203 e. The van der Waals surface area contributed by atoms with E-state index < -0.39 is 0 Å². The minimum absolute atomic E-state index is 0.673. The molecule has 1 aliphatic carbocycles. The lowest BCUT2D eigenvalue weighted by atomic mass is 10.2. The molecule has 1 saturated carbocycles. The highest BCUT2D eigenvalue weighted by Crippen LogP contribution is 2.32. The third-order valence-corrected chi connectivity index (χ3v) is 4.85. The molecule has 102 valence electrons. The van der Waals surface area contributed by atoms with Gasteiger partial charge in [0.15, 0.2) is 0 Å². The minimum Gasteiger partial charge on any atom is -0.356 e. The van der Waals surface area contributed by atoms with Crippen LogP contribution in [-0.2, 0) is 0 Å². The second-order valence-corrected chi connectivity index (χ2v) is 6.59. The van der Waals surface area contributed by atoms with Crippen LogP contribution in [0.25, 0.3) is 0 Å². The quantitative estimate of drug-likeness (QED) is 0.849. The van der Waals surface area contributed by atoms with E-state index in [4.69, 9.17) is 0 Å². The van der Waals surface area contributed by atoms with Gasteiger partial charge in [-0.15, -0.1) is 0 Å². The summed E-state index contributed by atoms with van der Waals surface area (Å²) in [4.78, 5) is 4.62. The van der Waals surface area contributed by atoms with Gasteiger partial charge < -0.3 is 9.88 Å². The summed E-state index contributed by atoms with van der Waals surface area (Å²) in [6.07, 6.45) is 10.9. The van der Waals surface area contributed by atoms with Gasteiger partial charge in [0, 0.05) is 24.0 Å². The van der Waals surface area contributed by atoms with Gasteiger partial charge in [-0.25, -0.2) is 4.98 Å². The molecule has 1 aliphatic rings. The molecular weight excluding hydrogens is 242 g/mol. The summed E-state index contributed by atoms with van der Waals surface area (Å²) in [6.45, 7) is 5.38. The Morgan fingerprint density at radius 1 is 1.50 bits per heavy atom. The summed E-state index contributed by atoms with van der Waals surface area (Å²) >= 11 is 1.93. The Kier molecular flexibility index (Phi) is 4.98. The summed E-state index contributed by atoms with van der Waals surface area (Å²) in [5, 5.41) is 4.23. The van der Waals surface area contributed by atoms with Crippen LogP contribution in [0.15, 0.2) is 6.20 Å². The molecule has 0 spiro atoms. The van der Waals surface area contributed by atoms with E-state index in [0.29, 0.717) is 11.3 Å². The standard InChI is InChI=1S/C14H25N3S/c1-11-10-17(13-6-4-5-7-13)14(16-11)15-9-8-12(2)18-3/h10,12-13H,4-9H2,1-3H3,(H,15,16). The highest BCUT2D eigenvalue weighted by molar-refractivity contribution is 7.99. The van der Waals surface area contributed by atoms with Gasteiger partial charge >= 0.3 is 0 Å². The van der Waals surface area contributed by atoms with Gasteiger partial charge in [0.25, 0.3) is 0 Å². The van der Waals surface area contributed by atoms with E-state index in [1.165, 1.54) is 32.1 Å². The Bertz CT molecular complexity index is 369.